The Morgan fingerprint density at radius 1 is 0.923 bits per heavy atom. The number of hydrogen-bond donors (Lipinski definition) is 0. The molecule has 0 aromatic heterocycles. The molecule has 1 atom stereocenters. The highest BCUT2D eigenvalue weighted by molar-refractivity contribution is 7.91. The maximum absolute atomic E-state index is 14.0. The van der Waals surface area contributed by atoms with E-state index in [2.05, 4.69) is 0 Å². The van der Waals surface area contributed by atoms with Gasteiger partial charge in [0.2, 0.25) is 0 Å². The molecule has 1 saturated heterocycles. The van der Waals surface area contributed by atoms with Crippen molar-refractivity contribution in [3.63, 3.8) is 0 Å². The van der Waals surface area contributed by atoms with Crippen LogP contribution in [0.2, 0.25) is 0 Å². The third-order valence-corrected chi connectivity index (χ3v) is 6.56. The lowest BCUT2D eigenvalue weighted by molar-refractivity contribution is 0.0756. The molecule has 1 amide bonds. The van der Waals surface area contributed by atoms with Gasteiger partial charge in [-0.25, -0.2) is 21.6 Å². The lowest BCUT2D eigenvalue weighted by atomic mass is 10.1. The third kappa shape index (κ3) is 3.46. The molecule has 26 heavy (non-hydrogen) atoms. The first kappa shape index (κ1) is 18.4. The predicted molar refractivity (Wildman–Crippen MR) is 89.8 cm³/mol. The average Bonchev–Trinajstić information content (AvgIpc) is 2.73. The lowest BCUT2D eigenvalue weighted by Gasteiger charge is -2.20. The SMILES string of the molecule is O=C(c1c(F)cccc1F)N1CC[C@@H](c2ccccc2F)S(=O)(=O)CC1. The van der Waals surface area contributed by atoms with Gasteiger partial charge in [-0.3, -0.25) is 4.79 Å². The van der Waals surface area contributed by atoms with Crippen LogP contribution in [0.3, 0.4) is 0 Å². The van der Waals surface area contributed by atoms with E-state index in [4.69, 9.17) is 0 Å². The third-order valence-electron chi connectivity index (χ3n) is 4.46. The number of rotatable bonds is 2. The Morgan fingerprint density at radius 3 is 2.19 bits per heavy atom. The Hall–Kier alpha value is -2.35. The minimum absolute atomic E-state index is 0.0406. The van der Waals surface area contributed by atoms with Gasteiger partial charge in [0.25, 0.3) is 5.91 Å². The Morgan fingerprint density at radius 2 is 1.54 bits per heavy atom. The summed E-state index contributed by atoms with van der Waals surface area (Å²) in [6.07, 6.45) is -0.0505. The molecule has 138 valence electrons. The summed E-state index contributed by atoms with van der Waals surface area (Å²) in [5.74, 6) is -3.97. The normalized spacial score (nSPS) is 19.8. The lowest BCUT2D eigenvalue weighted by Crippen LogP contribution is -2.34. The molecule has 0 unspecified atom stereocenters. The zero-order valence-corrected chi connectivity index (χ0v) is 14.5. The molecule has 8 heteroatoms. The molecule has 1 heterocycles. The van der Waals surface area contributed by atoms with Gasteiger partial charge in [0.05, 0.1) is 11.0 Å². The largest absolute Gasteiger partial charge is 0.337 e. The van der Waals surface area contributed by atoms with E-state index in [1.165, 1.54) is 24.3 Å². The van der Waals surface area contributed by atoms with E-state index in [1.54, 1.807) is 0 Å². The summed E-state index contributed by atoms with van der Waals surface area (Å²) in [7, 11) is -3.73. The van der Waals surface area contributed by atoms with Gasteiger partial charge in [-0.05, 0) is 24.6 Å². The van der Waals surface area contributed by atoms with Crippen molar-refractivity contribution in [3.05, 3.63) is 71.0 Å². The minimum Gasteiger partial charge on any atom is -0.337 e. The molecule has 0 aliphatic carbocycles. The summed E-state index contributed by atoms with van der Waals surface area (Å²) in [5.41, 5.74) is -0.673. The molecular weight excluding hydrogens is 367 g/mol. The van der Waals surface area contributed by atoms with Gasteiger partial charge in [0.1, 0.15) is 23.0 Å². The quantitative estimate of drug-likeness (QED) is 0.801. The van der Waals surface area contributed by atoms with Crippen molar-refractivity contribution in [3.8, 4) is 0 Å². The van der Waals surface area contributed by atoms with Crippen molar-refractivity contribution in [2.75, 3.05) is 18.8 Å². The zero-order valence-electron chi connectivity index (χ0n) is 13.7. The molecule has 2 aromatic rings. The van der Waals surface area contributed by atoms with Crippen LogP contribution in [-0.4, -0.2) is 38.1 Å². The van der Waals surface area contributed by atoms with Crippen LogP contribution in [0.5, 0.6) is 0 Å². The van der Waals surface area contributed by atoms with Crippen LogP contribution in [-0.2, 0) is 9.84 Å². The summed E-state index contributed by atoms with van der Waals surface area (Å²) < 4.78 is 66.8. The molecule has 4 nitrogen and oxygen atoms in total. The molecule has 0 bridgehead atoms. The van der Waals surface area contributed by atoms with Gasteiger partial charge in [0.15, 0.2) is 9.84 Å². The summed E-state index contributed by atoms with van der Waals surface area (Å²) >= 11 is 0. The minimum atomic E-state index is -3.73. The number of sulfone groups is 1. The first-order valence-electron chi connectivity index (χ1n) is 8.00. The highest BCUT2D eigenvalue weighted by Crippen LogP contribution is 2.31. The molecule has 3 rings (SSSR count). The maximum Gasteiger partial charge on any atom is 0.259 e. The molecule has 2 aromatic carbocycles. The van der Waals surface area contributed by atoms with Crippen LogP contribution < -0.4 is 0 Å². The number of carbonyl (C=O) groups excluding carboxylic acids is 1. The summed E-state index contributed by atoms with van der Waals surface area (Å²) in [5, 5.41) is -1.10. The number of hydrogen-bond acceptors (Lipinski definition) is 3. The van der Waals surface area contributed by atoms with Crippen LogP contribution in [0.15, 0.2) is 42.5 Å². The fourth-order valence-electron chi connectivity index (χ4n) is 3.09. The number of nitrogens with zero attached hydrogens (tertiary/aromatic N) is 1. The fraction of sp³-hybridized carbons (Fsp3) is 0.278. The standard InChI is InChI=1S/C18H16F3NO3S/c19-13-5-2-1-4-12(13)16-8-9-22(10-11-26(16,24)25)18(23)17-14(20)6-3-7-15(17)21/h1-7,16H,8-11H2/t16-/m0/s1. The van der Waals surface area contributed by atoms with Crippen molar-refractivity contribution < 1.29 is 26.4 Å². The first-order valence-corrected chi connectivity index (χ1v) is 9.72. The maximum atomic E-state index is 14.0. The van der Waals surface area contributed by atoms with E-state index in [0.717, 1.165) is 23.1 Å². The van der Waals surface area contributed by atoms with Gasteiger partial charge >= 0.3 is 0 Å². The Kier molecular flexibility index (Phi) is 5.04. The Balaban J connectivity index is 1.90. The molecule has 0 saturated carbocycles. The van der Waals surface area contributed by atoms with E-state index >= 15 is 0 Å². The van der Waals surface area contributed by atoms with Crippen molar-refractivity contribution in [2.24, 2.45) is 0 Å². The molecule has 1 aliphatic rings. The average molecular weight is 383 g/mol. The van der Waals surface area contributed by atoms with Crippen LogP contribution in [0, 0.1) is 17.5 Å². The highest BCUT2D eigenvalue weighted by Gasteiger charge is 2.35. The smallest absolute Gasteiger partial charge is 0.259 e. The molecule has 1 aliphatic heterocycles. The number of amides is 1. The van der Waals surface area contributed by atoms with Crippen molar-refractivity contribution in [1.82, 2.24) is 4.90 Å². The second-order valence-corrected chi connectivity index (χ2v) is 8.36. The predicted octanol–water partition coefficient (Wildman–Crippen LogP) is 3.11. The van der Waals surface area contributed by atoms with E-state index in [1.807, 2.05) is 0 Å². The monoisotopic (exact) mass is 383 g/mol. The van der Waals surface area contributed by atoms with Crippen LogP contribution in [0.25, 0.3) is 0 Å². The summed E-state index contributed by atoms with van der Waals surface area (Å²) in [6, 6.07) is 8.64. The van der Waals surface area contributed by atoms with Crippen LogP contribution in [0.1, 0.15) is 27.6 Å². The van der Waals surface area contributed by atoms with Crippen LogP contribution >= 0.6 is 0 Å². The van der Waals surface area contributed by atoms with Gasteiger partial charge < -0.3 is 4.90 Å². The summed E-state index contributed by atoms with van der Waals surface area (Å²) in [6.45, 7) is -0.259. The number of halogens is 3. The van der Waals surface area contributed by atoms with Gasteiger partial charge in [0, 0.05) is 18.7 Å². The fourth-order valence-corrected chi connectivity index (χ4v) is 4.89. The number of carbonyl (C=O) groups is 1. The van der Waals surface area contributed by atoms with Crippen molar-refractivity contribution in [2.45, 2.75) is 11.7 Å². The Labute approximate surface area is 149 Å². The molecule has 0 spiro atoms. The highest BCUT2D eigenvalue weighted by atomic mass is 32.2. The molecular formula is C18H16F3NO3S. The molecule has 1 fully saturated rings. The molecule has 0 N–H and O–H groups in total. The van der Waals surface area contributed by atoms with Gasteiger partial charge in [-0.2, -0.15) is 0 Å². The Bertz CT molecular complexity index is 926. The second-order valence-electron chi connectivity index (χ2n) is 6.05. The van der Waals surface area contributed by atoms with Gasteiger partial charge in [-0.15, -0.1) is 0 Å². The van der Waals surface area contributed by atoms with E-state index in [9.17, 15) is 26.4 Å². The first-order chi connectivity index (χ1) is 12.3. The zero-order chi connectivity index (χ0) is 18.9. The van der Waals surface area contributed by atoms with E-state index in [0.29, 0.717) is 0 Å². The van der Waals surface area contributed by atoms with E-state index < -0.39 is 49.8 Å². The number of benzene rings is 2. The second kappa shape index (κ2) is 7.11. The molecule has 0 radical (unpaired) electrons. The van der Waals surface area contributed by atoms with E-state index in [-0.39, 0.29) is 25.1 Å². The van der Waals surface area contributed by atoms with Crippen molar-refractivity contribution >= 4 is 15.7 Å². The van der Waals surface area contributed by atoms with Crippen molar-refractivity contribution in [1.29, 1.82) is 0 Å². The summed E-state index contributed by atoms with van der Waals surface area (Å²) in [4.78, 5) is 13.6. The van der Waals surface area contributed by atoms with Gasteiger partial charge in [-0.1, -0.05) is 24.3 Å². The topological polar surface area (TPSA) is 54.5 Å². The van der Waals surface area contributed by atoms with Crippen LogP contribution in [0.4, 0.5) is 13.2 Å².